The van der Waals surface area contributed by atoms with Gasteiger partial charge in [0.05, 0.1) is 18.1 Å². The molecule has 1 unspecified atom stereocenters. The number of imidazole rings is 1. The van der Waals surface area contributed by atoms with Crippen LogP contribution in [0.4, 0.5) is 0 Å². The van der Waals surface area contributed by atoms with E-state index in [1.807, 2.05) is 0 Å². The van der Waals surface area contributed by atoms with Crippen LogP contribution in [0.3, 0.4) is 0 Å². The third kappa shape index (κ3) is 0.947. The molecule has 0 fully saturated rings. The number of nitrogens with zero attached hydrogens (tertiary/aromatic N) is 3. The van der Waals surface area contributed by atoms with Crippen molar-refractivity contribution in [1.29, 1.82) is 0 Å². The molecule has 0 spiro atoms. The number of fused-ring (bicyclic) bond motifs is 1. The van der Waals surface area contributed by atoms with Crippen LogP contribution in [0.15, 0.2) is 12.7 Å². The Balaban J connectivity index is 2.73. The van der Waals surface area contributed by atoms with E-state index < -0.39 is 6.10 Å². The van der Waals surface area contributed by atoms with E-state index in [2.05, 4.69) is 19.9 Å². The molecule has 2 rings (SSSR count). The largest absolute Gasteiger partial charge is 0.387 e. The summed E-state index contributed by atoms with van der Waals surface area (Å²) >= 11 is 0. The van der Waals surface area contributed by atoms with Crippen LogP contribution in [0.2, 0.25) is 0 Å². The average Bonchev–Trinajstić information content (AvgIpc) is 2.49. The summed E-state index contributed by atoms with van der Waals surface area (Å²) in [5, 5.41) is 9.30. The molecule has 2 N–H and O–H groups in total. The predicted octanol–water partition coefficient (Wildman–Crippen LogP) is 0.406. The van der Waals surface area contributed by atoms with Crippen LogP contribution in [0.5, 0.6) is 0 Å². The third-order valence-electron chi connectivity index (χ3n) is 1.65. The Morgan fingerprint density at radius 2 is 2.25 bits per heavy atom. The molecular weight excluding hydrogens is 156 g/mol. The highest BCUT2D eigenvalue weighted by Gasteiger charge is 2.09. The topological polar surface area (TPSA) is 74.7 Å². The summed E-state index contributed by atoms with van der Waals surface area (Å²) in [4.78, 5) is 14.7. The van der Waals surface area contributed by atoms with E-state index in [-0.39, 0.29) is 0 Å². The maximum absolute atomic E-state index is 9.30. The number of H-pyrrole nitrogens is 1. The van der Waals surface area contributed by atoms with Gasteiger partial charge in [-0.2, -0.15) is 0 Å². The summed E-state index contributed by atoms with van der Waals surface area (Å²) in [6.45, 7) is 1.66. The normalized spacial score (nSPS) is 13.5. The summed E-state index contributed by atoms with van der Waals surface area (Å²) < 4.78 is 0. The fraction of sp³-hybridized carbons (Fsp3) is 0.286. The summed E-state index contributed by atoms with van der Waals surface area (Å²) in [6, 6.07) is 0. The Hall–Kier alpha value is -1.49. The van der Waals surface area contributed by atoms with Gasteiger partial charge in [0, 0.05) is 0 Å². The zero-order valence-electron chi connectivity index (χ0n) is 6.52. The highest BCUT2D eigenvalue weighted by atomic mass is 16.3. The van der Waals surface area contributed by atoms with Gasteiger partial charge in [-0.25, -0.2) is 15.0 Å². The molecule has 0 aliphatic carbocycles. The highest BCUT2D eigenvalue weighted by Crippen LogP contribution is 2.15. The molecule has 0 aliphatic rings. The minimum atomic E-state index is -0.601. The molecule has 5 nitrogen and oxygen atoms in total. The van der Waals surface area contributed by atoms with E-state index in [0.29, 0.717) is 16.9 Å². The smallest absolute Gasteiger partial charge is 0.180 e. The first-order valence-electron chi connectivity index (χ1n) is 3.61. The van der Waals surface area contributed by atoms with E-state index in [0.717, 1.165) is 0 Å². The number of hydrogen-bond donors (Lipinski definition) is 2. The Morgan fingerprint density at radius 3 is 3.00 bits per heavy atom. The summed E-state index contributed by atoms with van der Waals surface area (Å²) in [5.41, 5.74) is 1.87. The van der Waals surface area contributed by atoms with Crippen LogP contribution in [0.1, 0.15) is 18.7 Å². The number of nitrogens with one attached hydrogen (secondary N) is 1. The van der Waals surface area contributed by atoms with Crippen molar-refractivity contribution >= 4 is 11.2 Å². The molecule has 2 aromatic heterocycles. The minimum absolute atomic E-state index is 0.581. The molecule has 0 bridgehead atoms. The predicted molar refractivity (Wildman–Crippen MR) is 42.3 cm³/mol. The second-order valence-corrected chi connectivity index (χ2v) is 2.54. The molecule has 0 aromatic carbocycles. The van der Waals surface area contributed by atoms with Crippen molar-refractivity contribution in [3.63, 3.8) is 0 Å². The number of aromatic nitrogens is 4. The van der Waals surface area contributed by atoms with E-state index in [1.165, 1.54) is 12.7 Å². The number of aliphatic hydroxyl groups is 1. The lowest BCUT2D eigenvalue weighted by atomic mass is 10.2. The molecule has 2 aromatic rings. The Labute approximate surface area is 68.5 Å². The molecule has 0 aliphatic heterocycles. The molecular formula is C7H8N4O. The highest BCUT2D eigenvalue weighted by molar-refractivity contribution is 5.72. The van der Waals surface area contributed by atoms with Gasteiger partial charge in [-0.05, 0) is 6.92 Å². The number of hydrogen-bond acceptors (Lipinski definition) is 4. The van der Waals surface area contributed by atoms with Gasteiger partial charge in [0.15, 0.2) is 5.65 Å². The average molecular weight is 164 g/mol. The maximum Gasteiger partial charge on any atom is 0.180 e. The first kappa shape index (κ1) is 7.17. The van der Waals surface area contributed by atoms with Crippen LogP contribution in [0, 0.1) is 0 Å². The lowest BCUT2D eigenvalue weighted by molar-refractivity contribution is 0.195. The number of rotatable bonds is 1. The van der Waals surface area contributed by atoms with Crippen molar-refractivity contribution in [3.05, 3.63) is 18.3 Å². The monoisotopic (exact) mass is 164 g/mol. The van der Waals surface area contributed by atoms with Gasteiger partial charge in [-0.1, -0.05) is 0 Å². The first-order chi connectivity index (χ1) is 5.79. The zero-order valence-corrected chi connectivity index (χ0v) is 6.52. The van der Waals surface area contributed by atoms with Crippen molar-refractivity contribution in [2.24, 2.45) is 0 Å². The molecule has 0 radical (unpaired) electrons. The fourth-order valence-corrected chi connectivity index (χ4v) is 1.10. The van der Waals surface area contributed by atoms with Crippen molar-refractivity contribution in [1.82, 2.24) is 19.9 Å². The SMILES string of the molecule is CC(O)c1ncnc2nc[nH]c12. The molecule has 0 saturated heterocycles. The molecule has 0 saturated carbocycles. The van der Waals surface area contributed by atoms with Crippen molar-refractivity contribution in [2.75, 3.05) is 0 Å². The molecule has 62 valence electrons. The Kier molecular flexibility index (Phi) is 1.51. The minimum Gasteiger partial charge on any atom is -0.387 e. The lowest BCUT2D eigenvalue weighted by Crippen LogP contribution is -1.97. The van der Waals surface area contributed by atoms with Crippen molar-refractivity contribution < 1.29 is 5.11 Å². The van der Waals surface area contributed by atoms with Gasteiger partial charge in [0.25, 0.3) is 0 Å². The maximum atomic E-state index is 9.30. The van der Waals surface area contributed by atoms with Gasteiger partial charge >= 0.3 is 0 Å². The summed E-state index contributed by atoms with van der Waals surface area (Å²) in [7, 11) is 0. The van der Waals surface area contributed by atoms with Crippen molar-refractivity contribution in [2.45, 2.75) is 13.0 Å². The summed E-state index contributed by atoms with van der Waals surface area (Å²) in [6.07, 6.45) is 2.33. The second-order valence-electron chi connectivity index (χ2n) is 2.54. The van der Waals surface area contributed by atoms with Gasteiger partial charge in [-0.3, -0.25) is 0 Å². The van der Waals surface area contributed by atoms with Crippen LogP contribution in [-0.4, -0.2) is 25.0 Å². The van der Waals surface area contributed by atoms with Crippen LogP contribution in [-0.2, 0) is 0 Å². The molecule has 1 atom stereocenters. The van der Waals surface area contributed by atoms with Crippen molar-refractivity contribution in [3.8, 4) is 0 Å². The van der Waals surface area contributed by atoms with Crippen LogP contribution in [0.25, 0.3) is 11.2 Å². The van der Waals surface area contributed by atoms with Gasteiger partial charge in [-0.15, -0.1) is 0 Å². The molecule has 2 heterocycles. The standard InChI is InChI=1S/C7H8N4O/c1-4(12)5-6-7(10-2-8-5)11-3-9-6/h2-4,12H,1H3,(H,8,9,10,11). The molecule has 12 heavy (non-hydrogen) atoms. The lowest BCUT2D eigenvalue weighted by Gasteiger charge is -2.02. The molecule has 5 heteroatoms. The van der Waals surface area contributed by atoms with E-state index in [1.54, 1.807) is 6.92 Å². The van der Waals surface area contributed by atoms with E-state index in [4.69, 9.17) is 0 Å². The van der Waals surface area contributed by atoms with E-state index >= 15 is 0 Å². The third-order valence-corrected chi connectivity index (χ3v) is 1.65. The number of aliphatic hydroxyl groups excluding tert-OH is 1. The van der Waals surface area contributed by atoms with Gasteiger partial charge in [0.1, 0.15) is 11.8 Å². The fourth-order valence-electron chi connectivity index (χ4n) is 1.10. The molecule has 0 amide bonds. The van der Waals surface area contributed by atoms with Gasteiger partial charge < -0.3 is 10.1 Å². The second kappa shape index (κ2) is 2.53. The summed E-state index contributed by atoms with van der Waals surface area (Å²) in [5.74, 6) is 0. The van der Waals surface area contributed by atoms with E-state index in [9.17, 15) is 5.11 Å². The quantitative estimate of drug-likeness (QED) is 0.640. The zero-order chi connectivity index (χ0) is 8.55. The number of aromatic amines is 1. The van der Waals surface area contributed by atoms with Crippen LogP contribution >= 0.6 is 0 Å². The van der Waals surface area contributed by atoms with Crippen LogP contribution < -0.4 is 0 Å². The first-order valence-corrected chi connectivity index (χ1v) is 3.61. The Bertz CT molecular complexity index is 395. The van der Waals surface area contributed by atoms with Gasteiger partial charge in [0.2, 0.25) is 0 Å². The Morgan fingerprint density at radius 1 is 1.42 bits per heavy atom.